The van der Waals surface area contributed by atoms with Crippen molar-refractivity contribution < 1.29 is 4.42 Å². The highest BCUT2D eigenvalue weighted by Crippen LogP contribution is 2.25. The summed E-state index contributed by atoms with van der Waals surface area (Å²) in [5.41, 5.74) is 0.952. The number of nitrogens with zero attached hydrogens (tertiary/aromatic N) is 5. The van der Waals surface area contributed by atoms with Gasteiger partial charge in [0.25, 0.3) is 0 Å². The van der Waals surface area contributed by atoms with Crippen LogP contribution in [0.15, 0.2) is 59.1 Å². The van der Waals surface area contributed by atoms with E-state index in [4.69, 9.17) is 4.42 Å². The number of rotatable bonds is 4. The van der Waals surface area contributed by atoms with Crippen LogP contribution in [0.4, 0.5) is 5.82 Å². The molecular weight excluding hydrogens is 314 g/mol. The van der Waals surface area contributed by atoms with E-state index < -0.39 is 0 Å². The van der Waals surface area contributed by atoms with Gasteiger partial charge >= 0.3 is 0 Å². The van der Waals surface area contributed by atoms with E-state index >= 15 is 0 Å². The maximum atomic E-state index is 5.91. The molecule has 1 unspecified atom stereocenters. The molecule has 6 nitrogen and oxygen atoms in total. The zero-order chi connectivity index (χ0) is 17.1. The third-order valence-corrected chi connectivity index (χ3v) is 4.65. The monoisotopic (exact) mass is 335 g/mol. The maximum absolute atomic E-state index is 5.91. The van der Waals surface area contributed by atoms with Gasteiger partial charge in [-0.15, -0.1) is 10.2 Å². The molecule has 1 atom stereocenters. The molecule has 3 aromatic rings. The van der Waals surface area contributed by atoms with Crippen molar-refractivity contribution in [2.75, 3.05) is 31.1 Å². The Kier molecular flexibility index (Phi) is 4.43. The summed E-state index contributed by atoms with van der Waals surface area (Å²) in [6, 6.07) is 16.0. The average Bonchev–Trinajstić information content (AvgIpc) is 3.19. The van der Waals surface area contributed by atoms with Crippen molar-refractivity contribution in [3.05, 3.63) is 60.6 Å². The van der Waals surface area contributed by atoms with Crippen LogP contribution in [0.3, 0.4) is 0 Å². The van der Waals surface area contributed by atoms with Crippen LogP contribution in [0.1, 0.15) is 18.9 Å². The Hall–Kier alpha value is -2.73. The zero-order valence-electron chi connectivity index (χ0n) is 14.2. The number of hydrogen-bond donors (Lipinski definition) is 0. The first kappa shape index (κ1) is 15.8. The van der Waals surface area contributed by atoms with Crippen LogP contribution in [0.2, 0.25) is 0 Å². The fourth-order valence-corrected chi connectivity index (χ4v) is 3.14. The Bertz CT molecular complexity index is 797. The van der Waals surface area contributed by atoms with Crippen LogP contribution in [0.25, 0.3) is 11.5 Å². The van der Waals surface area contributed by atoms with Crippen LogP contribution >= 0.6 is 0 Å². The lowest BCUT2D eigenvalue weighted by Crippen LogP contribution is -2.47. The highest BCUT2D eigenvalue weighted by atomic mass is 16.4. The Morgan fingerprint density at radius 3 is 2.40 bits per heavy atom. The molecule has 128 valence electrons. The lowest BCUT2D eigenvalue weighted by Gasteiger charge is -2.37. The summed E-state index contributed by atoms with van der Waals surface area (Å²) in [5.74, 6) is 2.29. The van der Waals surface area contributed by atoms with E-state index in [9.17, 15) is 0 Å². The summed E-state index contributed by atoms with van der Waals surface area (Å²) < 4.78 is 5.91. The number of anilines is 1. The first-order valence-electron chi connectivity index (χ1n) is 8.60. The molecule has 1 saturated heterocycles. The maximum Gasteiger partial charge on any atom is 0.247 e. The molecule has 0 amide bonds. The number of pyridine rings is 1. The number of benzene rings is 1. The Labute approximate surface area is 147 Å². The smallest absolute Gasteiger partial charge is 0.247 e. The molecule has 0 radical (unpaired) electrons. The molecule has 0 spiro atoms. The third-order valence-electron chi connectivity index (χ3n) is 4.65. The molecule has 3 heterocycles. The summed E-state index contributed by atoms with van der Waals surface area (Å²) in [5, 5.41) is 8.46. The molecule has 0 aliphatic carbocycles. The highest BCUT2D eigenvalue weighted by Gasteiger charge is 2.26. The second-order valence-corrected chi connectivity index (χ2v) is 6.20. The van der Waals surface area contributed by atoms with Crippen molar-refractivity contribution >= 4 is 5.82 Å². The number of aromatic nitrogens is 3. The van der Waals surface area contributed by atoms with E-state index in [-0.39, 0.29) is 6.04 Å². The van der Waals surface area contributed by atoms with Gasteiger partial charge in [0.05, 0.1) is 6.04 Å². The van der Waals surface area contributed by atoms with Gasteiger partial charge in [-0.1, -0.05) is 24.3 Å². The molecule has 25 heavy (non-hydrogen) atoms. The summed E-state index contributed by atoms with van der Waals surface area (Å²) >= 11 is 0. The molecule has 1 aromatic carbocycles. The minimum absolute atomic E-state index is 0.107. The Morgan fingerprint density at radius 2 is 1.68 bits per heavy atom. The number of hydrogen-bond acceptors (Lipinski definition) is 6. The average molecular weight is 335 g/mol. The third kappa shape index (κ3) is 3.39. The zero-order valence-corrected chi connectivity index (χ0v) is 14.2. The quantitative estimate of drug-likeness (QED) is 0.730. The first-order chi connectivity index (χ1) is 12.3. The van der Waals surface area contributed by atoms with Crippen LogP contribution < -0.4 is 4.90 Å². The topological polar surface area (TPSA) is 58.3 Å². The van der Waals surface area contributed by atoms with Gasteiger partial charge in [0.1, 0.15) is 5.82 Å². The van der Waals surface area contributed by atoms with Gasteiger partial charge in [-0.25, -0.2) is 4.98 Å². The normalized spacial score (nSPS) is 16.8. The summed E-state index contributed by atoms with van der Waals surface area (Å²) in [4.78, 5) is 9.12. The van der Waals surface area contributed by atoms with Gasteiger partial charge in [0, 0.05) is 37.9 Å². The van der Waals surface area contributed by atoms with Crippen LogP contribution in [-0.2, 0) is 0 Å². The fourth-order valence-electron chi connectivity index (χ4n) is 3.14. The standard InChI is InChI=1S/C19H21N5O/c1-15(18-21-22-19(25-18)16-7-3-2-4-8-16)23-11-13-24(14-12-23)17-9-5-6-10-20-17/h2-10,15H,11-14H2,1H3. The van der Waals surface area contributed by atoms with Gasteiger partial charge in [-0.2, -0.15) is 0 Å². The molecule has 6 heteroatoms. The predicted octanol–water partition coefficient (Wildman–Crippen LogP) is 3.01. The van der Waals surface area contributed by atoms with Crippen molar-refractivity contribution in [3.63, 3.8) is 0 Å². The molecule has 4 rings (SSSR count). The largest absolute Gasteiger partial charge is 0.419 e. The second-order valence-electron chi connectivity index (χ2n) is 6.20. The second kappa shape index (κ2) is 7.03. The van der Waals surface area contributed by atoms with Gasteiger partial charge < -0.3 is 9.32 Å². The molecule has 0 N–H and O–H groups in total. The van der Waals surface area contributed by atoms with E-state index in [0.717, 1.165) is 37.6 Å². The van der Waals surface area contributed by atoms with Crippen LogP contribution in [-0.4, -0.2) is 46.3 Å². The van der Waals surface area contributed by atoms with E-state index in [1.165, 1.54) is 0 Å². The summed E-state index contributed by atoms with van der Waals surface area (Å²) in [6.07, 6.45) is 1.84. The van der Waals surface area contributed by atoms with E-state index in [1.807, 2.05) is 48.7 Å². The SMILES string of the molecule is CC(c1nnc(-c2ccccc2)o1)N1CCN(c2ccccn2)CC1. The van der Waals surface area contributed by atoms with Gasteiger partial charge in [-0.3, -0.25) is 4.90 Å². The van der Waals surface area contributed by atoms with Crippen LogP contribution in [0, 0.1) is 0 Å². The van der Waals surface area contributed by atoms with Crippen LogP contribution in [0.5, 0.6) is 0 Å². The molecule has 1 fully saturated rings. The van der Waals surface area contributed by atoms with Gasteiger partial charge in [-0.05, 0) is 31.2 Å². The van der Waals surface area contributed by atoms with Crippen molar-refractivity contribution in [1.29, 1.82) is 0 Å². The predicted molar refractivity (Wildman–Crippen MR) is 96.2 cm³/mol. The Morgan fingerprint density at radius 1 is 0.920 bits per heavy atom. The first-order valence-corrected chi connectivity index (χ1v) is 8.60. The highest BCUT2D eigenvalue weighted by molar-refractivity contribution is 5.51. The number of piperazine rings is 1. The lowest BCUT2D eigenvalue weighted by molar-refractivity contribution is 0.173. The summed E-state index contributed by atoms with van der Waals surface area (Å²) in [6.45, 7) is 5.91. The minimum atomic E-state index is 0.107. The lowest BCUT2D eigenvalue weighted by atomic mass is 10.2. The molecule has 1 aliphatic rings. The van der Waals surface area contributed by atoms with E-state index in [1.54, 1.807) is 0 Å². The van der Waals surface area contributed by atoms with Crippen molar-refractivity contribution in [1.82, 2.24) is 20.1 Å². The van der Waals surface area contributed by atoms with Crippen molar-refractivity contribution in [3.8, 4) is 11.5 Å². The van der Waals surface area contributed by atoms with E-state index in [0.29, 0.717) is 11.8 Å². The molecule has 1 aliphatic heterocycles. The molecule has 0 bridgehead atoms. The molecule has 0 saturated carbocycles. The summed E-state index contributed by atoms with van der Waals surface area (Å²) in [7, 11) is 0. The van der Waals surface area contributed by atoms with E-state index in [2.05, 4.69) is 38.0 Å². The van der Waals surface area contributed by atoms with Gasteiger partial charge in [0.15, 0.2) is 0 Å². The fraction of sp³-hybridized carbons (Fsp3) is 0.316. The molecule has 2 aromatic heterocycles. The van der Waals surface area contributed by atoms with Gasteiger partial charge in [0.2, 0.25) is 11.8 Å². The minimum Gasteiger partial charge on any atom is -0.419 e. The van der Waals surface area contributed by atoms with Crippen molar-refractivity contribution in [2.45, 2.75) is 13.0 Å². The Balaban J connectivity index is 1.41. The molecular formula is C19H21N5O. The van der Waals surface area contributed by atoms with Crippen molar-refractivity contribution in [2.24, 2.45) is 0 Å².